The smallest absolute Gasteiger partial charge is 0.308 e. The van der Waals surface area contributed by atoms with Crippen LogP contribution < -0.4 is 0 Å². The van der Waals surface area contributed by atoms with Crippen LogP contribution in [0.1, 0.15) is 72.9 Å². The third-order valence-electron chi connectivity index (χ3n) is 12.3. The molecule has 3 aliphatic rings. The molecule has 3 aliphatic heterocycles. The fourth-order valence-electron chi connectivity index (χ4n) is 8.54. The summed E-state index contributed by atoms with van der Waals surface area (Å²) in [6.45, 7) is 10.8. The lowest BCUT2D eigenvalue weighted by Gasteiger charge is -2.47. The van der Waals surface area contributed by atoms with E-state index in [0.717, 1.165) is 4.59 Å². The molecule has 4 N–H and O–H groups in total. The lowest BCUT2D eigenvalue weighted by atomic mass is 9.79. The first-order valence-electron chi connectivity index (χ1n) is 21.2. The minimum absolute atomic E-state index is 0.00430. The topological polar surface area (TPSA) is 231 Å². The van der Waals surface area contributed by atoms with Crippen LogP contribution in [0.5, 0.6) is 0 Å². The van der Waals surface area contributed by atoms with Crippen LogP contribution in [0.15, 0.2) is 30.0 Å². The quantitative estimate of drug-likeness (QED) is 0.115. The van der Waals surface area contributed by atoms with Gasteiger partial charge in [0, 0.05) is 57.6 Å². The number of aliphatic hydroxyl groups is 4. The third kappa shape index (κ3) is 13.3. The number of likely N-dealkylation sites (N-methyl/N-ethyl adjacent to an activating group) is 1. The molecule has 10 unspecified atom stereocenters. The molecule has 0 aromatic carbocycles. The Kier molecular flexibility index (Phi) is 19.7. The highest BCUT2D eigenvalue weighted by atomic mass is 16.7. The largest absolute Gasteiger partial charge is 0.462 e. The van der Waals surface area contributed by atoms with Gasteiger partial charge in [-0.05, 0) is 52.7 Å². The summed E-state index contributed by atoms with van der Waals surface area (Å²) in [4.78, 5) is 41.3. The second-order valence-corrected chi connectivity index (χ2v) is 16.8. The fraction of sp³-hybridized carbons (Fsp3) is 0.786. The van der Waals surface area contributed by atoms with Crippen LogP contribution in [0, 0.1) is 23.7 Å². The minimum atomic E-state index is -1.40. The van der Waals surface area contributed by atoms with Gasteiger partial charge < -0.3 is 63.0 Å². The highest BCUT2D eigenvalue weighted by Crippen LogP contribution is 2.35. The fourth-order valence-corrected chi connectivity index (χ4v) is 8.54. The van der Waals surface area contributed by atoms with Crippen molar-refractivity contribution in [2.24, 2.45) is 23.7 Å². The van der Waals surface area contributed by atoms with Crippen LogP contribution in [0.25, 0.3) is 0 Å². The van der Waals surface area contributed by atoms with Gasteiger partial charge in [-0.15, -0.1) is 5.10 Å². The number of cyclic esters (lactones) is 1. The Labute approximate surface area is 360 Å². The van der Waals surface area contributed by atoms with E-state index in [-0.39, 0.29) is 25.2 Å². The number of ketones is 1. The average molecular weight is 863 g/mol. The van der Waals surface area contributed by atoms with E-state index in [2.05, 4.69) is 10.3 Å². The molecule has 1 aromatic rings. The van der Waals surface area contributed by atoms with Gasteiger partial charge in [0.25, 0.3) is 7.98 Å². The first kappa shape index (κ1) is 50.7. The first-order chi connectivity index (χ1) is 28.9. The number of carbonyl (C=O) groups excluding carboxylic acids is 3. The van der Waals surface area contributed by atoms with E-state index >= 15 is 0 Å². The van der Waals surface area contributed by atoms with E-state index < -0.39 is 116 Å². The molecule has 4 heterocycles. The van der Waals surface area contributed by atoms with Crippen LogP contribution in [0.2, 0.25) is 0 Å². The van der Waals surface area contributed by atoms with Crippen LogP contribution >= 0.6 is 0 Å². The summed E-state index contributed by atoms with van der Waals surface area (Å²) in [6, 6.07) is -0.862. The number of rotatable bonds is 14. The number of aldehydes is 1. The molecular weight excluding hydrogens is 795 g/mol. The zero-order valence-electron chi connectivity index (χ0n) is 36.9. The molecule has 19 heteroatoms. The van der Waals surface area contributed by atoms with E-state index in [0.29, 0.717) is 36.9 Å². The molecule has 0 saturated carbocycles. The van der Waals surface area contributed by atoms with E-state index in [1.165, 1.54) is 20.3 Å². The molecule has 18 nitrogen and oxygen atoms in total. The molecule has 4 rings (SSSR count). The van der Waals surface area contributed by atoms with Crippen LogP contribution in [0.3, 0.4) is 0 Å². The van der Waals surface area contributed by atoms with Crippen molar-refractivity contribution in [3.8, 4) is 0 Å². The first-order valence-corrected chi connectivity index (χ1v) is 21.2. The SMILES string of the molecule is [B]n1cc(CCN(C)C2C(O)C(C)OC(O[C@H]3[C@@H](CC=O)C[C@@H](C)C(=O)C=CC(C)=C[C@H](COC4OC(C)C(O)C(OC)C4OC)[C@@H](CC)OC(=O)C[C@@H](O)[C@@H]3C)C2O)nn1. The summed E-state index contributed by atoms with van der Waals surface area (Å²) in [7, 11) is 10.3. The summed E-state index contributed by atoms with van der Waals surface area (Å²) in [5.41, 5.74) is 1.30. The number of allylic oxidation sites excluding steroid dienone is 3. The minimum Gasteiger partial charge on any atom is -0.462 e. The highest BCUT2D eigenvalue weighted by molar-refractivity contribution is 6.05. The molecule has 342 valence electrons. The maximum absolute atomic E-state index is 13.7. The van der Waals surface area contributed by atoms with Gasteiger partial charge in [0.2, 0.25) is 0 Å². The lowest BCUT2D eigenvalue weighted by Crippen LogP contribution is -2.64. The van der Waals surface area contributed by atoms with Gasteiger partial charge in [-0.2, -0.15) is 0 Å². The average Bonchev–Trinajstić information content (AvgIpc) is 3.65. The maximum Gasteiger partial charge on any atom is 0.308 e. The zero-order valence-corrected chi connectivity index (χ0v) is 36.9. The van der Waals surface area contributed by atoms with Crippen molar-refractivity contribution in [3.63, 3.8) is 0 Å². The molecular formula is C42H67BN4O14. The Balaban J connectivity index is 1.61. The molecule has 61 heavy (non-hydrogen) atoms. The number of nitrogens with zero attached hydrogens (tertiary/aromatic N) is 4. The van der Waals surface area contributed by atoms with Crippen molar-refractivity contribution in [3.05, 3.63) is 35.7 Å². The summed E-state index contributed by atoms with van der Waals surface area (Å²) >= 11 is 0. The number of hydrogen-bond acceptors (Lipinski definition) is 17. The van der Waals surface area contributed by atoms with Gasteiger partial charge in [-0.3, -0.25) is 14.5 Å². The number of hydrogen-bond donors (Lipinski definition) is 4. The van der Waals surface area contributed by atoms with Crippen molar-refractivity contribution in [2.75, 3.05) is 34.4 Å². The van der Waals surface area contributed by atoms with Gasteiger partial charge in [0.1, 0.15) is 36.8 Å². The van der Waals surface area contributed by atoms with Gasteiger partial charge in [-0.1, -0.05) is 43.7 Å². The van der Waals surface area contributed by atoms with E-state index in [9.17, 15) is 34.8 Å². The number of carbonyl (C=O) groups is 3. The molecule has 2 radical (unpaired) electrons. The summed E-state index contributed by atoms with van der Waals surface area (Å²) in [5, 5.41) is 53.1. The van der Waals surface area contributed by atoms with Gasteiger partial charge in [0.15, 0.2) is 18.4 Å². The standard InChI is InChI=1S/C42H67BN4O14/c1-10-32-28(21-57-42-40(56-9)39(55-8)36(53)26(6)59-42)17-22(2)11-12-30(49)23(3)18-27(14-16-48)38(24(4)31(50)19-33(51)60-32)61-41-37(54)34(35(52)25(5)58-41)46(7)15-13-29-20-47(43)45-44-29/h11-12,16-17,20,23-28,31-32,34-42,50,52-54H,10,13-15,18-19,21H2,1-9H3/t23-,24+,25?,26?,27+,28-,31-,32-,34?,35?,36?,37?,38-,39?,40?,41?,42?/m1/s1. The van der Waals surface area contributed by atoms with E-state index in [4.69, 9.17) is 41.1 Å². The van der Waals surface area contributed by atoms with E-state index in [1.54, 1.807) is 58.8 Å². The van der Waals surface area contributed by atoms with Gasteiger partial charge >= 0.3 is 5.97 Å². The van der Waals surface area contributed by atoms with Crippen molar-refractivity contribution in [1.29, 1.82) is 0 Å². The lowest BCUT2D eigenvalue weighted by molar-refractivity contribution is -0.305. The number of ether oxygens (including phenoxy) is 7. The zero-order chi connectivity index (χ0) is 45.1. The Bertz CT molecular complexity index is 1620. The third-order valence-corrected chi connectivity index (χ3v) is 12.3. The molecule has 2 saturated heterocycles. The monoisotopic (exact) mass is 862 g/mol. The van der Waals surface area contributed by atoms with Crippen LogP contribution in [-0.4, -0.2) is 180 Å². The summed E-state index contributed by atoms with van der Waals surface area (Å²) < 4.78 is 43.1. The number of aromatic nitrogens is 3. The van der Waals surface area contributed by atoms with Gasteiger partial charge in [-0.25, -0.2) is 0 Å². The Morgan fingerprint density at radius 1 is 0.967 bits per heavy atom. The Morgan fingerprint density at radius 2 is 1.64 bits per heavy atom. The normalized spacial score (nSPS) is 38.6. The van der Waals surface area contributed by atoms with Gasteiger partial charge in [0.05, 0.1) is 55.3 Å². The number of methoxy groups -OCH3 is 2. The van der Waals surface area contributed by atoms with E-state index in [1.807, 2.05) is 13.0 Å². The Morgan fingerprint density at radius 3 is 2.26 bits per heavy atom. The number of esters is 1. The molecule has 0 aliphatic carbocycles. The molecule has 1 aromatic heterocycles. The van der Waals surface area contributed by atoms with Crippen LogP contribution in [0.4, 0.5) is 0 Å². The summed E-state index contributed by atoms with van der Waals surface area (Å²) in [6.07, 6.45) is -4.09. The van der Waals surface area contributed by atoms with Crippen molar-refractivity contribution >= 4 is 26.0 Å². The van der Waals surface area contributed by atoms with Crippen LogP contribution in [-0.2, 0) is 54.0 Å². The van der Waals surface area contributed by atoms with Crippen molar-refractivity contribution < 1.29 is 68.0 Å². The predicted octanol–water partition coefficient (Wildman–Crippen LogP) is 0.698. The second kappa shape index (κ2) is 23.7. The predicted molar refractivity (Wildman–Crippen MR) is 220 cm³/mol. The molecule has 17 atom stereocenters. The molecule has 0 bridgehead atoms. The van der Waals surface area contributed by atoms with Crippen molar-refractivity contribution in [1.82, 2.24) is 19.8 Å². The Hall–Kier alpha value is -2.95. The van der Waals surface area contributed by atoms with Crippen molar-refractivity contribution in [2.45, 2.75) is 153 Å². The second-order valence-electron chi connectivity index (χ2n) is 16.8. The summed E-state index contributed by atoms with van der Waals surface area (Å²) in [5.74, 6) is -3.57. The number of aliphatic hydroxyl groups excluding tert-OH is 4. The maximum atomic E-state index is 13.7. The highest BCUT2D eigenvalue weighted by Gasteiger charge is 2.48. The molecule has 2 fully saturated rings. The molecule has 0 spiro atoms. The molecule has 0 amide bonds.